The van der Waals surface area contributed by atoms with Gasteiger partial charge in [-0.1, -0.05) is 0 Å². The topological polar surface area (TPSA) is 198 Å². The molecule has 1 fully saturated rings. The van der Waals surface area contributed by atoms with Crippen molar-refractivity contribution in [3.05, 3.63) is 36.0 Å². The number of aromatic nitrogens is 1. The maximum atomic E-state index is 12.8. The highest BCUT2D eigenvalue weighted by atomic mass is 32.2. The number of nitrogens with two attached hydrogens (primary N) is 1. The number of carboxylic acid groups (broad SMARTS) is 2. The van der Waals surface area contributed by atoms with E-state index in [1.807, 2.05) is 0 Å². The molecule has 0 spiro atoms. The Labute approximate surface area is 220 Å². The number of rotatable bonds is 8. The number of nitrogens with one attached hydrogen (secondary N) is 1. The van der Waals surface area contributed by atoms with Gasteiger partial charge in [-0.2, -0.15) is 13.2 Å². The molecule has 2 aromatic rings. The molecule has 1 aromatic carbocycles. The number of halogens is 3. The van der Waals surface area contributed by atoms with Crippen LogP contribution in [0.2, 0.25) is 0 Å². The fraction of sp³-hybridized carbons (Fsp3) is 0.364. The Balaban J connectivity index is 0.000000673. The number of carbonyl (C=O) groups excluding carboxylic acids is 1. The molecule has 39 heavy (non-hydrogen) atoms. The number of sulfonamides is 1. The van der Waals surface area contributed by atoms with Gasteiger partial charge in [-0.25, -0.2) is 23.0 Å². The van der Waals surface area contributed by atoms with Crippen LogP contribution >= 0.6 is 0 Å². The van der Waals surface area contributed by atoms with Crippen molar-refractivity contribution in [2.75, 3.05) is 36.9 Å². The number of amides is 1. The second-order valence-corrected chi connectivity index (χ2v) is 9.67. The monoisotopic (exact) mass is 578 g/mol. The number of piperidine rings is 1. The lowest BCUT2D eigenvalue weighted by atomic mass is 9.96. The van der Waals surface area contributed by atoms with Gasteiger partial charge in [0.1, 0.15) is 11.4 Å². The molecule has 17 heteroatoms. The van der Waals surface area contributed by atoms with Crippen LogP contribution in [0.3, 0.4) is 0 Å². The van der Waals surface area contributed by atoms with Crippen LogP contribution in [-0.2, 0) is 19.6 Å². The van der Waals surface area contributed by atoms with E-state index in [2.05, 4.69) is 9.71 Å². The standard InChI is InChI=1S/C20H24N4O7S.C2HF3O2/c1-30-16-4-3-14(10-17(16)31-2)32(28,29)23-13-9-15(20(26)27)19(22-11-13)24-7-5-12(6-8-24)18(21)25;3-2(4,5)1(6)7/h3-4,9-12,23H,5-8H2,1-2H3,(H2,21,25)(H,26,27);(H,6,7). The van der Waals surface area contributed by atoms with Gasteiger partial charge in [0, 0.05) is 25.1 Å². The molecule has 0 radical (unpaired) electrons. The predicted molar refractivity (Wildman–Crippen MR) is 129 cm³/mol. The lowest BCUT2D eigenvalue weighted by Crippen LogP contribution is -2.39. The maximum absolute atomic E-state index is 12.8. The number of pyridine rings is 1. The van der Waals surface area contributed by atoms with Crippen molar-refractivity contribution in [1.29, 1.82) is 0 Å². The van der Waals surface area contributed by atoms with E-state index in [1.54, 1.807) is 4.90 Å². The lowest BCUT2D eigenvalue weighted by Gasteiger charge is -2.32. The summed E-state index contributed by atoms with van der Waals surface area (Å²) >= 11 is 0. The molecule has 1 saturated heterocycles. The molecule has 0 aliphatic carbocycles. The second kappa shape index (κ2) is 12.5. The average Bonchev–Trinajstić information content (AvgIpc) is 2.87. The first-order valence-electron chi connectivity index (χ1n) is 10.9. The number of anilines is 2. The molecule has 1 aromatic heterocycles. The number of carboxylic acids is 2. The fourth-order valence-corrected chi connectivity index (χ4v) is 4.55. The number of primary amides is 1. The largest absolute Gasteiger partial charge is 0.493 e. The Morgan fingerprint density at radius 1 is 1.08 bits per heavy atom. The normalized spacial score (nSPS) is 14.0. The second-order valence-electron chi connectivity index (χ2n) is 7.99. The third-order valence-corrected chi connectivity index (χ3v) is 6.83. The number of nitrogens with zero attached hydrogens (tertiary/aromatic N) is 2. The molecule has 1 amide bonds. The van der Waals surface area contributed by atoms with E-state index >= 15 is 0 Å². The minimum absolute atomic E-state index is 0.00652. The van der Waals surface area contributed by atoms with E-state index in [0.717, 1.165) is 0 Å². The Hall–Kier alpha value is -4.28. The number of alkyl halides is 3. The molecule has 0 unspecified atom stereocenters. The molecule has 3 rings (SSSR count). The number of hydrogen-bond donors (Lipinski definition) is 4. The lowest BCUT2D eigenvalue weighted by molar-refractivity contribution is -0.192. The van der Waals surface area contributed by atoms with Crippen LogP contribution < -0.4 is 24.8 Å². The summed E-state index contributed by atoms with van der Waals surface area (Å²) in [7, 11) is -1.23. The van der Waals surface area contributed by atoms with Gasteiger partial charge in [0.2, 0.25) is 5.91 Å². The van der Waals surface area contributed by atoms with Gasteiger partial charge in [0.15, 0.2) is 11.5 Å². The summed E-state index contributed by atoms with van der Waals surface area (Å²) in [6.07, 6.45) is -2.85. The number of benzene rings is 1. The molecule has 214 valence electrons. The maximum Gasteiger partial charge on any atom is 0.490 e. The highest BCUT2D eigenvalue weighted by Crippen LogP contribution is 2.31. The Morgan fingerprint density at radius 2 is 1.64 bits per heavy atom. The summed E-state index contributed by atoms with van der Waals surface area (Å²) in [6, 6.07) is 5.30. The van der Waals surface area contributed by atoms with Gasteiger partial charge in [0.25, 0.3) is 10.0 Å². The van der Waals surface area contributed by atoms with E-state index in [1.165, 1.54) is 44.7 Å². The van der Waals surface area contributed by atoms with Crippen LogP contribution in [0.25, 0.3) is 0 Å². The fourth-order valence-electron chi connectivity index (χ4n) is 3.50. The number of aromatic carboxylic acids is 1. The summed E-state index contributed by atoms with van der Waals surface area (Å²) < 4.78 is 69.9. The Kier molecular flexibility index (Phi) is 9.92. The van der Waals surface area contributed by atoms with Gasteiger partial charge < -0.3 is 30.3 Å². The molecule has 0 bridgehead atoms. The van der Waals surface area contributed by atoms with Gasteiger partial charge in [-0.3, -0.25) is 9.52 Å². The van der Waals surface area contributed by atoms with E-state index in [9.17, 15) is 36.3 Å². The zero-order valence-corrected chi connectivity index (χ0v) is 21.4. The van der Waals surface area contributed by atoms with Crippen LogP contribution in [0.15, 0.2) is 35.4 Å². The molecule has 13 nitrogen and oxygen atoms in total. The number of aliphatic carboxylic acids is 1. The quantitative estimate of drug-likeness (QED) is 0.357. The number of hydrogen-bond acceptors (Lipinski definition) is 9. The minimum atomic E-state index is -5.08. The van der Waals surface area contributed by atoms with Gasteiger partial charge in [-0.05, 0) is 31.0 Å². The van der Waals surface area contributed by atoms with Gasteiger partial charge in [0.05, 0.1) is 31.0 Å². The molecule has 1 aliphatic heterocycles. The smallest absolute Gasteiger partial charge is 0.490 e. The first kappa shape index (κ1) is 30.9. The summed E-state index contributed by atoms with van der Waals surface area (Å²) in [5, 5.41) is 16.8. The van der Waals surface area contributed by atoms with Crippen molar-refractivity contribution in [2.24, 2.45) is 11.7 Å². The Morgan fingerprint density at radius 3 is 2.10 bits per heavy atom. The highest BCUT2D eigenvalue weighted by Gasteiger charge is 2.38. The molecule has 2 heterocycles. The summed E-state index contributed by atoms with van der Waals surface area (Å²) in [5.74, 6) is -3.85. The molecule has 0 saturated carbocycles. The number of methoxy groups -OCH3 is 2. The summed E-state index contributed by atoms with van der Waals surface area (Å²) in [5.41, 5.74) is 5.18. The molecule has 5 N–H and O–H groups in total. The van der Waals surface area contributed by atoms with Crippen LogP contribution in [-0.4, -0.2) is 74.9 Å². The molecule has 1 aliphatic rings. The van der Waals surface area contributed by atoms with Crippen molar-refractivity contribution >= 4 is 39.4 Å². The number of ether oxygens (including phenoxy) is 2. The first-order chi connectivity index (χ1) is 18.1. The molecule has 0 atom stereocenters. The zero-order valence-electron chi connectivity index (χ0n) is 20.6. The van der Waals surface area contributed by atoms with E-state index < -0.39 is 28.1 Å². The third-order valence-electron chi connectivity index (χ3n) is 5.45. The van der Waals surface area contributed by atoms with E-state index in [0.29, 0.717) is 31.7 Å². The van der Waals surface area contributed by atoms with E-state index in [4.69, 9.17) is 25.1 Å². The van der Waals surface area contributed by atoms with Crippen LogP contribution in [0.4, 0.5) is 24.7 Å². The number of carbonyl (C=O) groups is 3. The van der Waals surface area contributed by atoms with Crippen molar-refractivity contribution in [3.8, 4) is 11.5 Å². The highest BCUT2D eigenvalue weighted by molar-refractivity contribution is 7.92. The summed E-state index contributed by atoms with van der Waals surface area (Å²) in [6.45, 7) is 0.829. The predicted octanol–water partition coefficient (Wildman–Crippen LogP) is 1.93. The zero-order chi connectivity index (χ0) is 29.5. The summed E-state index contributed by atoms with van der Waals surface area (Å²) in [4.78, 5) is 37.9. The molecular formula is C22H25F3N4O9S. The average molecular weight is 579 g/mol. The van der Waals surface area contributed by atoms with Gasteiger partial charge >= 0.3 is 18.1 Å². The van der Waals surface area contributed by atoms with E-state index in [-0.39, 0.29) is 39.5 Å². The Bertz CT molecular complexity index is 1330. The first-order valence-corrected chi connectivity index (χ1v) is 12.4. The minimum Gasteiger partial charge on any atom is -0.493 e. The third kappa shape index (κ3) is 8.10. The SMILES string of the molecule is COc1ccc(S(=O)(=O)Nc2cnc(N3CCC(C(N)=O)CC3)c(C(=O)O)c2)cc1OC.O=C(O)C(F)(F)F. The van der Waals surface area contributed by atoms with Crippen molar-refractivity contribution < 1.29 is 55.7 Å². The van der Waals surface area contributed by atoms with Crippen molar-refractivity contribution in [2.45, 2.75) is 23.9 Å². The van der Waals surface area contributed by atoms with Crippen LogP contribution in [0.5, 0.6) is 11.5 Å². The van der Waals surface area contributed by atoms with Crippen molar-refractivity contribution in [3.63, 3.8) is 0 Å². The van der Waals surface area contributed by atoms with Crippen LogP contribution in [0, 0.1) is 5.92 Å². The van der Waals surface area contributed by atoms with Gasteiger partial charge in [-0.15, -0.1) is 0 Å². The molecular weight excluding hydrogens is 553 g/mol. The van der Waals surface area contributed by atoms with Crippen molar-refractivity contribution in [1.82, 2.24) is 4.98 Å². The van der Waals surface area contributed by atoms with Crippen LogP contribution in [0.1, 0.15) is 23.2 Å².